The molecule has 0 aliphatic carbocycles. The quantitative estimate of drug-likeness (QED) is 0.886. The van der Waals surface area contributed by atoms with Crippen molar-refractivity contribution in [1.29, 1.82) is 0 Å². The Labute approximate surface area is 125 Å². The number of rotatable bonds is 5. The van der Waals surface area contributed by atoms with Crippen LogP contribution >= 0.6 is 15.9 Å². The number of nitrogens with two attached hydrogens (primary N) is 1. The van der Waals surface area contributed by atoms with Crippen LogP contribution in [-0.2, 0) is 6.54 Å². The predicted octanol–water partition coefficient (Wildman–Crippen LogP) is 4.24. The van der Waals surface area contributed by atoms with Crippen molar-refractivity contribution in [2.24, 2.45) is 5.73 Å². The van der Waals surface area contributed by atoms with Gasteiger partial charge in [-0.15, -0.1) is 0 Å². The number of hydrogen-bond donors (Lipinski definition) is 1. The monoisotopic (exact) mass is 339 g/mol. The van der Waals surface area contributed by atoms with Crippen molar-refractivity contribution < 1.29 is 13.9 Å². The fraction of sp³-hybridized carbons (Fsp3) is 0.200. The van der Waals surface area contributed by atoms with E-state index in [2.05, 4.69) is 15.9 Å². The first-order chi connectivity index (χ1) is 9.65. The van der Waals surface area contributed by atoms with Gasteiger partial charge >= 0.3 is 0 Å². The summed E-state index contributed by atoms with van der Waals surface area (Å²) in [7, 11) is 0. The minimum absolute atomic E-state index is 0.151. The van der Waals surface area contributed by atoms with Crippen molar-refractivity contribution in [2.45, 2.75) is 13.5 Å². The Morgan fingerprint density at radius 3 is 2.35 bits per heavy atom. The van der Waals surface area contributed by atoms with Gasteiger partial charge < -0.3 is 15.2 Å². The lowest BCUT2D eigenvalue weighted by molar-refractivity contribution is 0.339. The molecule has 2 rings (SSSR count). The molecule has 0 aromatic heterocycles. The predicted molar refractivity (Wildman–Crippen MR) is 79.7 cm³/mol. The molecule has 2 N–H and O–H groups in total. The van der Waals surface area contributed by atoms with Gasteiger partial charge in [-0.3, -0.25) is 0 Å². The molecule has 106 valence electrons. The maximum Gasteiger partial charge on any atom is 0.180 e. The molecule has 0 radical (unpaired) electrons. The van der Waals surface area contributed by atoms with Crippen LogP contribution in [0.25, 0.3) is 0 Å². The van der Waals surface area contributed by atoms with E-state index in [9.17, 15) is 4.39 Å². The van der Waals surface area contributed by atoms with Crippen molar-refractivity contribution in [3.63, 3.8) is 0 Å². The summed E-state index contributed by atoms with van der Waals surface area (Å²) < 4.78 is 25.3. The van der Waals surface area contributed by atoms with Gasteiger partial charge in [-0.05, 0) is 58.7 Å². The van der Waals surface area contributed by atoms with Crippen molar-refractivity contribution in [2.75, 3.05) is 6.61 Å². The maximum absolute atomic E-state index is 14.1. The lowest BCUT2D eigenvalue weighted by Crippen LogP contribution is -2.00. The summed E-state index contributed by atoms with van der Waals surface area (Å²) >= 11 is 3.18. The van der Waals surface area contributed by atoms with Gasteiger partial charge in [0.15, 0.2) is 11.6 Å². The Morgan fingerprint density at radius 1 is 1.10 bits per heavy atom. The molecule has 0 saturated carbocycles. The molecule has 0 amide bonds. The van der Waals surface area contributed by atoms with Crippen molar-refractivity contribution >= 4 is 15.9 Å². The fourth-order valence-electron chi connectivity index (χ4n) is 1.71. The molecular formula is C15H15BrFNO2. The molecule has 0 spiro atoms. The topological polar surface area (TPSA) is 44.5 Å². The molecule has 0 aliphatic rings. The van der Waals surface area contributed by atoms with Gasteiger partial charge in [-0.1, -0.05) is 6.07 Å². The molecule has 0 unspecified atom stereocenters. The molecule has 20 heavy (non-hydrogen) atoms. The van der Waals surface area contributed by atoms with Crippen LogP contribution in [0.1, 0.15) is 12.5 Å². The normalized spacial score (nSPS) is 10.4. The van der Waals surface area contributed by atoms with Crippen molar-refractivity contribution in [3.8, 4) is 17.2 Å². The second-order valence-corrected chi connectivity index (χ2v) is 4.85. The smallest absolute Gasteiger partial charge is 0.180 e. The molecule has 0 heterocycles. The summed E-state index contributed by atoms with van der Waals surface area (Å²) in [6.07, 6.45) is 0. The van der Waals surface area contributed by atoms with E-state index in [1.807, 2.05) is 6.92 Å². The molecule has 0 aliphatic heterocycles. The molecule has 0 fully saturated rings. The SMILES string of the molecule is CCOc1ccc(Oc2ccc(CN)c(Br)c2F)cc1. The zero-order valence-electron chi connectivity index (χ0n) is 11.0. The summed E-state index contributed by atoms with van der Waals surface area (Å²) in [5.41, 5.74) is 6.21. The summed E-state index contributed by atoms with van der Waals surface area (Å²) in [6, 6.07) is 10.3. The van der Waals surface area contributed by atoms with E-state index in [4.69, 9.17) is 15.2 Å². The Balaban J connectivity index is 2.19. The number of halogens is 2. The van der Waals surface area contributed by atoms with Gasteiger partial charge in [-0.25, -0.2) is 4.39 Å². The van der Waals surface area contributed by atoms with E-state index < -0.39 is 5.82 Å². The Bertz CT molecular complexity index is 587. The third-order valence-electron chi connectivity index (χ3n) is 2.71. The van der Waals surface area contributed by atoms with Gasteiger partial charge in [0.2, 0.25) is 0 Å². The van der Waals surface area contributed by atoms with E-state index in [1.165, 1.54) is 0 Å². The standard InChI is InChI=1S/C15H15BrFNO2/c1-2-19-11-4-6-12(7-5-11)20-13-8-3-10(9-18)14(16)15(13)17/h3-8H,2,9,18H2,1H3. The molecule has 3 nitrogen and oxygen atoms in total. The number of benzene rings is 2. The van der Waals surface area contributed by atoms with Crippen LogP contribution in [0, 0.1) is 5.82 Å². The molecule has 2 aromatic carbocycles. The van der Waals surface area contributed by atoms with Crippen molar-refractivity contribution in [1.82, 2.24) is 0 Å². The first-order valence-corrected chi connectivity index (χ1v) is 7.02. The summed E-state index contributed by atoms with van der Waals surface area (Å²) in [4.78, 5) is 0. The van der Waals surface area contributed by atoms with Crippen LogP contribution in [0.5, 0.6) is 17.2 Å². The summed E-state index contributed by atoms with van der Waals surface area (Å²) in [6.45, 7) is 2.78. The minimum Gasteiger partial charge on any atom is -0.494 e. The molecule has 0 atom stereocenters. The lowest BCUT2D eigenvalue weighted by Gasteiger charge is -2.10. The largest absolute Gasteiger partial charge is 0.494 e. The van der Waals surface area contributed by atoms with Gasteiger partial charge in [0, 0.05) is 6.54 Å². The van der Waals surface area contributed by atoms with E-state index in [0.29, 0.717) is 22.4 Å². The molecule has 0 bridgehead atoms. The van der Waals surface area contributed by atoms with Crippen LogP contribution < -0.4 is 15.2 Å². The minimum atomic E-state index is -0.457. The molecule has 0 saturated heterocycles. The maximum atomic E-state index is 14.1. The Kier molecular flexibility index (Phi) is 4.98. The highest BCUT2D eigenvalue weighted by Crippen LogP contribution is 2.32. The van der Waals surface area contributed by atoms with E-state index in [-0.39, 0.29) is 12.3 Å². The average molecular weight is 340 g/mol. The second-order valence-electron chi connectivity index (χ2n) is 4.06. The highest BCUT2D eigenvalue weighted by Gasteiger charge is 2.12. The van der Waals surface area contributed by atoms with Crippen LogP contribution in [-0.4, -0.2) is 6.61 Å². The first kappa shape index (κ1) is 14.8. The summed E-state index contributed by atoms with van der Waals surface area (Å²) in [5, 5.41) is 0. The van der Waals surface area contributed by atoms with Gasteiger partial charge in [0.1, 0.15) is 11.5 Å². The number of ether oxygens (including phenoxy) is 2. The van der Waals surface area contributed by atoms with Gasteiger partial charge in [0.05, 0.1) is 11.1 Å². The van der Waals surface area contributed by atoms with Crippen LogP contribution in [0.2, 0.25) is 0 Å². The van der Waals surface area contributed by atoms with Gasteiger partial charge in [-0.2, -0.15) is 0 Å². The Morgan fingerprint density at radius 2 is 1.75 bits per heavy atom. The van der Waals surface area contributed by atoms with Crippen molar-refractivity contribution in [3.05, 3.63) is 52.3 Å². The zero-order valence-corrected chi connectivity index (χ0v) is 12.6. The zero-order chi connectivity index (χ0) is 14.5. The Hall–Kier alpha value is -1.59. The van der Waals surface area contributed by atoms with Crippen LogP contribution in [0.4, 0.5) is 4.39 Å². The van der Waals surface area contributed by atoms with Gasteiger partial charge in [0.25, 0.3) is 0 Å². The van der Waals surface area contributed by atoms with E-state index in [1.54, 1.807) is 36.4 Å². The van der Waals surface area contributed by atoms with E-state index in [0.717, 1.165) is 5.75 Å². The molecular weight excluding hydrogens is 325 g/mol. The average Bonchev–Trinajstić information content (AvgIpc) is 2.46. The lowest BCUT2D eigenvalue weighted by atomic mass is 10.2. The third-order valence-corrected chi connectivity index (χ3v) is 3.57. The fourth-order valence-corrected chi connectivity index (χ4v) is 2.20. The molecule has 2 aromatic rings. The first-order valence-electron chi connectivity index (χ1n) is 6.23. The third kappa shape index (κ3) is 3.29. The summed E-state index contributed by atoms with van der Waals surface area (Å²) in [5.74, 6) is 0.986. The molecule has 5 heteroatoms. The van der Waals surface area contributed by atoms with Crippen LogP contribution in [0.3, 0.4) is 0 Å². The van der Waals surface area contributed by atoms with Crippen LogP contribution in [0.15, 0.2) is 40.9 Å². The highest BCUT2D eigenvalue weighted by atomic mass is 79.9. The number of hydrogen-bond acceptors (Lipinski definition) is 3. The second kappa shape index (κ2) is 6.72. The highest BCUT2D eigenvalue weighted by molar-refractivity contribution is 9.10. The van der Waals surface area contributed by atoms with E-state index >= 15 is 0 Å².